The molecule has 2 heterocycles. The highest BCUT2D eigenvalue weighted by Crippen LogP contribution is 2.26. The number of rotatable bonds is 9. The number of carbonyl (C=O) groups is 2. The molecule has 3 rings (SSSR count). The van der Waals surface area contributed by atoms with Crippen molar-refractivity contribution in [1.82, 2.24) is 19.4 Å². The number of piperazine rings is 1. The number of hydrogen-bond acceptors (Lipinski definition) is 7. The van der Waals surface area contributed by atoms with Crippen LogP contribution in [0.25, 0.3) is 0 Å². The van der Waals surface area contributed by atoms with Crippen LogP contribution in [-0.2, 0) is 24.3 Å². The third-order valence-corrected chi connectivity index (χ3v) is 8.68. The molecule has 0 saturated carbocycles. The van der Waals surface area contributed by atoms with Crippen LogP contribution in [-0.4, -0.2) is 118 Å². The molecule has 0 aromatic heterocycles. The second-order valence-electron chi connectivity index (χ2n) is 9.62. The Balaban J connectivity index is 0.000000673. The quantitative estimate of drug-likeness (QED) is 0.454. The van der Waals surface area contributed by atoms with E-state index in [4.69, 9.17) is 14.6 Å². The molecule has 0 bridgehead atoms. The second kappa shape index (κ2) is 14.9. The molecule has 0 aliphatic carbocycles. The predicted octanol–water partition coefficient (Wildman–Crippen LogP) is 1.78. The van der Waals surface area contributed by atoms with Crippen LogP contribution in [0.4, 0.5) is 13.2 Å². The van der Waals surface area contributed by atoms with Gasteiger partial charge in [-0.2, -0.15) is 17.5 Å². The Bertz CT molecular complexity index is 1050. The third-order valence-electron chi connectivity index (χ3n) is 6.48. The summed E-state index contributed by atoms with van der Waals surface area (Å²) in [6, 6.07) is 3.83. The van der Waals surface area contributed by atoms with E-state index in [0.29, 0.717) is 24.5 Å². The average Bonchev–Trinajstić information content (AvgIpc) is 2.86. The number of halogens is 3. The van der Waals surface area contributed by atoms with E-state index < -0.39 is 22.2 Å². The van der Waals surface area contributed by atoms with Gasteiger partial charge in [-0.05, 0) is 44.9 Å². The minimum Gasteiger partial charge on any atom is -0.475 e. The number of nitrogens with zero attached hydrogens (tertiary/aromatic N) is 3. The van der Waals surface area contributed by atoms with Crippen LogP contribution in [0.5, 0.6) is 0 Å². The molecule has 2 fully saturated rings. The molecule has 39 heavy (non-hydrogen) atoms. The largest absolute Gasteiger partial charge is 0.490 e. The number of amides is 1. The zero-order valence-electron chi connectivity index (χ0n) is 22.7. The molecule has 0 atom stereocenters. The van der Waals surface area contributed by atoms with Gasteiger partial charge in [0, 0.05) is 58.8 Å². The number of aliphatic carboxylic acids is 1. The molecule has 0 unspecified atom stereocenters. The van der Waals surface area contributed by atoms with Crippen LogP contribution in [0.15, 0.2) is 17.0 Å². The fraction of sp³-hybridized carbons (Fsp3) is 0.680. The Kier molecular flexibility index (Phi) is 12.6. The Morgan fingerprint density at radius 1 is 1.03 bits per heavy atom. The van der Waals surface area contributed by atoms with Crippen molar-refractivity contribution in [3.8, 4) is 0 Å². The van der Waals surface area contributed by atoms with E-state index in [0.717, 1.165) is 69.0 Å². The lowest BCUT2D eigenvalue weighted by atomic mass is 10.1. The maximum atomic E-state index is 13.7. The van der Waals surface area contributed by atoms with E-state index >= 15 is 0 Å². The Hall–Kier alpha value is -2.26. The Labute approximate surface area is 228 Å². The molecule has 14 heteroatoms. The van der Waals surface area contributed by atoms with Crippen molar-refractivity contribution in [1.29, 1.82) is 0 Å². The molecule has 222 valence electrons. The van der Waals surface area contributed by atoms with Crippen molar-refractivity contribution in [3.05, 3.63) is 28.8 Å². The van der Waals surface area contributed by atoms with Crippen LogP contribution >= 0.6 is 0 Å². The Morgan fingerprint density at radius 2 is 1.56 bits per heavy atom. The first-order valence-electron chi connectivity index (χ1n) is 12.9. The fourth-order valence-electron chi connectivity index (χ4n) is 4.64. The van der Waals surface area contributed by atoms with Crippen LogP contribution in [0, 0.1) is 20.8 Å². The molecule has 1 aromatic rings. The van der Waals surface area contributed by atoms with Crippen LogP contribution < -0.4 is 5.32 Å². The van der Waals surface area contributed by atoms with Gasteiger partial charge in [0.15, 0.2) is 0 Å². The summed E-state index contributed by atoms with van der Waals surface area (Å²) in [7, 11) is -3.70. The minimum atomic E-state index is -5.08. The van der Waals surface area contributed by atoms with E-state index in [1.54, 1.807) is 0 Å². The van der Waals surface area contributed by atoms with Crippen LogP contribution in [0.1, 0.15) is 29.5 Å². The van der Waals surface area contributed by atoms with E-state index in [-0.39, 0.29) is 18.9 Å². The van der Waals surface area contributed by atoms with Gasteiger partial charge >= 0.3 is 12.1 Å². The number of carbonyl (C=O) groups excluding carboxylic acids is 1. The lowest BCUT2D eigenvalue weighted by molar-refractivity contribution is -0.192. The summed E-state index contributed by atoms with van der Waals surface area (Å²) >= 11 is 0. The number of alkyl halides is 3. The highest BCUT2D eigenvalue weighted by Gasteiger charge is 2.38. The summed E-state index contributed by atoms with van der Waals surface area (Å²) in [4.78, 5) is 26.1. The number of morpholine rings is 1. The molecule has 10 nitrogen and oxygen atoms in total. The van der Waals surface area contributed by atoms with Gasteiger partial charge < -0.3 is 20.1 Å². The molecule has 2 aliphatic rings. The van der Waals surface area contributed by atoms with Gasteiger partial charge in [-0.3, -0.25) is 9.69 Å². The smallest absolute Gasteiger partial charge is 0.475 e. The van der Waals surface area contributed by atoms with Gasteiger partial charge in [0.2, 0.25) is 15.9 Å². The number of nitrogens with one attached hydrogen (secondary N) is 1. The molecule has 2 saturated heterocycles. The van der Waals surface area contributed by atoms with Gasteiger partial charge in [-0.25, -0.2) is 13.2 Å². The van der Waals surface area contributed by atoms with Crippen molar-refractivity contribution in [2.24, 2.45) is 0 Å². The van der Waals surface area contributed by atoms with E-state index in [9.17, 15) is 26.4 Å². The maximum absolute atomic E-state index is 13.7. The number of carboxylic acids is 1. The Morgan fingerprint density at radius 3 is 2.08 bits per heavy atom. The molecule has 2 N–H and O–H groups in total. The molecular weight excluding hydrogens is 541 g/mol. The average molecular weight is 581 g/mol. The van der Waals surface area contributed by atoms with Crippen molar-refractivity contribution in [2.75, 3.05) is 72.1 Å². The van der Waals surface area contributed by atoms with Gasteiger partial charge in [-0.15, -0.1) is 0 Å². The second-order valence-corrected chi connectivity index (χ2v) is 11.5. The van der Waals surface area contributed by atoms with Crippen molar-refractivity contribution in [3.63, 3.8) is 0 Å². The van der Waals surface area contributed by atoms with E-state index in [2.05, 4.69) is 10.2 Å². The molecular formula is C25H39F3N4O6S. The lowest BCUT2D eigenvalue weighted by Crippen LogP contribution is -2.47. The number of ether oxygens (including phenoxy) is 1. The van der Waals surface area contributed by atoms with Crippen molar-refractivity contribution < 1.29 is 41.0 Å². The first-order chi connectivity index (χ1) is 18.2. The van der Waals surface area contributed by atoms with Gasteiger partial charge in [0.05, 0.1) is 18.1 Å². The number of carboxylic acid groups (broad SMARTS) is 1. The molecule has 0 spiro atoms. The van der Waals surface area contributed by atoms with Crippen molar-refractivity contribution in [2.45, 2.75) is 44.7 Å². The van der Waals surface area contributed by atoms with E-state index in [1.165, 1.54) is 4.31 Å². The van der Waals surface area contributed by atoms with Gasteiger partial charge in [0.25, 0.3) is 0 Å². The first-order valence-corrected chi connectivity index (χ1v) is 14.3. The topological polar surface area (TPSA) is 119 Å². The summed E-state index contributed by atoms with van der Waals surface area (Å²) in [6.45, 7) is 13.3. The highest BCUT2D eigenvalue weighted by molar-refractivity contribution is 7.89. The summed E-state index contributed by atoms with van der Waals surface area (Å²) in [5.41, 5.74) is 2.56. The predicted molar refractivity (Wildman–Crippen MR) is 139 cm³/mol. The molecule has 0 radical (unpaired) electrons. The summed E-state index contributed by atoms with van der Waals surface area (Å²) in [5, 5.41) is 10.4. The van der Waals surface area contributed by atoms with E-state index in [1.807, 2.05) is 37.8 Å². The van der Waals surface area contributed by atoms with Gasteiger partial charge in [0.1, 0.15) is 0 Å². The summed E-state index contributed by atoms with van der Waals surface area (Å²) in [6.07, 6.45) is -4.15. The van der Waals surface area contributed by atoms with Crippen LogP contribution in [0.2, 0.25) is 0 Å². The van der Waals surface area contributed by atoms with Crippen molar-refractivity contribution >= 4 is 21.9 Å². The number of hydrogen-bond donors (Lipinski definition) is 2. The number of sulfonamides is 1. The molecule has 1 amide bonds. The normalized spacial score (nSPS) is 17.1. The molecule has 2 aliphatic heterocycles. The number of benzene rings is 1. The standard InChI is InChI=1S/C23H38N4O4S.C2HF3O2/c1-19-17-20(2)23(21(3)18-19)32(29,30)27(9-4-8-25-13-15-31-16-14-25)10-5-22(28)26-11-6-24-7-12-26;3-2(4,5)1(6)7/h17-18,24H,4-16H2,1-3H3;(H,6,7). The SMILES string of the molecule is Cc1cc(C)c(S(=O)(=O)N(CCCN2CCOCC2)CCC(=O)N2CCNCC2)c(C)c1.O=C(O)C(F)(F)F. The lowest BCUT2D eigenvalue weighted by Gasteiger charge is -2.30. The number of aryl methyl sites for hydroxylation is 3. The van der Waals surface area contributed by atoms with Gasteiger partial charge in [-0.1, -0.05) is 17.7 Å². The maximum Gasteiger partial charge on any atom is 0.490 e. The summed E-state index contributed by atoms with van der Waals surface area (Å²) < 4.78 is 66.1. The van der Waals surface area contributed by atoms with Crippen LogP contribution in [0.3, 0.4) is 0 Å². The minimum absolute atomic E-state index is 0.0252. The third kappa shape index (κ3) is 10.3. The zero-order valence-corrected chi connectivity index (χ0v) is 23.5. The summed E-state index contributed by atoms with van der Waals surface area (Å²) in [5.74, 6) is -2.73. The zero-order chi connectivity index (χ0) is 29.2. The fourth-order valence-corrected chi connectivity index (χ4v) is 6.53. The highest BCUT2D eigenvalue weighted by atomic mass is 32.2. The molecule has 1 aromatic carbocycles. The monoisotopic (exact) mass is 580 g/mol. The first kappa shape index (κ1) is 32.9.